The van der Waals surface area contributed by atoms with E-state index in [2.05, 4.69) is 10.2 Å². The normalized spacial score (nSPS) is 29.7. The summed E-state index contributed by atoms with van der Waals surface area (Å²) >= 11 is 0. The van der Waals surface area contributed by atoms with E-state index in [9.17, 15) is 9.59 Å². The van der Waals surface area contributed by atoms with Gasteiger partial charge in [-0.2, -0.15) is 0 Å². The van der Waals surface area contributed by atoms with Crippen LogP contribution < -0.4 is 5.32 Å². The standard InChI is InChI=1S/C11H18N2O2/c14-10-6-5-9(11(15)12-10)13-7-3-1-2-4-8-13/h9H,1-8H2,(H,12,14,15)/t9-/m0/s1. The molecule has 2 saturated heterocycles. The molecule has 0 aromatic rings. The summed E-state index contributed by atoms with van der Waals surface area (Å²) < 4.78 is 0. The highest BCUT2D eigenvalue weighted by molar-refractivity contribution is 6.00. The Morgan fingerprint density at radius 2 is 1.73 bits per heavy atom. The maximum Gasteiger partial charge on any atom is 0.243 e. The molecule has 1 N–H and O–H groups in total. The topological polar surface area (TPSA) is 49.4 Å². The third-order valence-corrected chi connectivity index (χ3v) is 3.29. The van der Waals surface area contributed by atoms with Crippen molar-refractivity contribution in [2.24, 2.45) is 0 Å². The highest BCUT2D eigenvalue weighted by atomic mass is 16.2. The highest BCUT2D eigenvalue weighted by Gasteiger charge is 2.31. The van der Waals surface area contributed by atoms with E-state index in [1.54, 1.807) is 0 Å². The molecule has 84 valence electrons. The highest BCUT2D eigenvalue weighted by Crippen LogP contribution is 2.17. The van der Waals surface area contributed by atoms with Crippen LogP contribution in [0, 0.1) is 0 Å². The number of likely N-dealkylation sites (tertiary alicyclic amines) is 1. The van der Waals surface area contributed by atoms with Crippen LogP contribution in [-0.4, -0.2) is 35.8 Å². The Hall–Kier alpha value is -0.900. The predicted octanol–water partition coefficient (Wildman–Crippen LogP) is 0.668. The minimum absolute atomic E-state index is 0.0548. The summed E-state index contributed by atoms with van der Waals surface area (Å²) in [6.07, 6.45) is 6.08. The smallest absolute Gasteiger partial charge is 0.243 e. The molecular formula is C11H18N2O2. The van der Waals surface area contributed by atoms with Crippen LogP contribution >= 0.6 is 0 Å². The molecule has 0 spiro atoms. The summed E-state index contributed by atoms with van der Waals surface area (Å²) in [4.78, 5) is 24.9. The average molecular weight is 210 g/mol. The maximum absolute atomic E-state index is 11.6. The molecule has 4 heteroatoms. The maximum atomic E-state index is 11.6. The van der Waals surface area contributed by atoms with Crippen LogP contribution in [0.15, 0.2) is 0 Å². The van der Waals surface area contributed by atoms with E-state index < -0.39 is 0 Å². The van der Waals surface area contributed by atoms with Crippen molar-refractivity contribution in [1.82, 2.24) is 10.2 Å². The number of imide groups is 1. The van der Waals surface area contributed by atoms with Crippen molar-refractivity contribution in [1.29, 1.82) is 0 Å². The van der Waals surface area contributed by atoms with Gasteiger partial charge in [0, 0.05) is 6.42 Å². The lowest BCUT2D eigenvalue weighted by atomic mass is 10.0. The van der Waals surface area contributed by atoms with Crippen LogP contribution in [0.3, 0.4) is 0 Å². The Labute approximate surface area is 90.0 Å². The van der Waals surface area contributed by atoms with E-state index in [1.807, 2.05) is 0 Å². The molecule has 2 aliphatic heterocycles. The molecule has 2 aliphatic rings. The second-order valence-corrected chi connectivity index (χ2v) is 4.42. The fourth-order valence-electron chi connectivity index (χ4n) is 2.44. The van der Waals surface area contributed by atoms with Crippen LogP contribution in [0.25, 0.3) is 0 Å². The summed E-state index contributed by atoms with van der Waals surface area (Å²) in [6, 6.07) is -0.0548. The number of piperidine rings is 1. The Morgan fingerprint density at radius 3 is 2.33 bits per heavy atom. The molecule has 2 heterocycles. The van der Waals surface area contributed by atoms with Crippen molar-refractivity contribution in [3.8, 4) is 0 Å². The number of rotatable bonds is 1. The van der Waals surface area contributed by atoms with Gasteiger partial charge < -0.3 is 0 Å². The molecule has 2 fully saturated rings. The molecule has 0 aliphatic carbocycles. The van der Waals surface area contributed by atoms with Crippen molar-refractivity contribution in [2.45, 2.75) is 44.6 Å². The van der Waals surface area contributed by atoms with Crippen LogP contribution in [0.1, 0.15) is 38.5 Å². The van der Waals surface area contributed by atoms with E-state index in [0.717, 1.165) is 13.1 Å². The lowest BCUT2D eigenvalue weighted by Gasteiger charge is -2.31. The Balaban J connectivity index is 1.96. The number of nitrogens with one attached hydrogen (secondary N) is 1. The monoisotopic (exact) mass is 210 g/mol. The Bertz CT molecular complexity index is 257. The van der Waals surface area contributed by atoms with Gasteiger partial charge in [0.15, 0.2) is 0 Å². The zero-order chi connectivity index (χ0) is 10.7. The van der Waals surface area contributed by atoms with Gasteiger partial charge in [-0.15, -0.1) is 0 Å². The fraction of sp³-hybridized carbons (Fsp3) is 0.818. The SMILES string of the molecule is O=C1CC[C@H](N2CCCCCC2)C(=O)N1. The third kappa shape index (κ3) is 2.56. The lowest BCUT2D eigenvalue weighted by molar-refractivity contribution is -0.137. The summed E-state index contributed by atoms with van der Waals surface area (Å²) in [5.74, 6) is -0.209. The summed E-state index contributed by atoms with van der Waals surface area (Å²) in [5.41, 5.74) is 0. The number of carbonyl (C=O) groups is 2. The van der Waals surface area contributed by atoms with Crippen molar-refractivity contribution >= 4 is 11.8 Å². The van der Waals surface area contributed by atoms with Crippen molar-refractivity contribution in [3.05, 3.63) is 0 Å². The molecule has 4 nitrogen and oxygen atoms in total. The first-order valence-corrected chi connectivity index (χ1v) is 5.85. The molecule has 2 amide bonds. The minimum Gasteiger partial charge on any atom is -0.295 e. The van der Waals surface area contributed by atoms with Crippen molar-refractivity contribution < 1.29 is 9.59 Å². The van der Waals surface area contributed by atoms with Crippen LogP contribution in [0.2, 0.25) is 0 Å². The molecule has 0 saturated carbocycles. The molecule has 0 bridgehead atoms. The predicted molar refractivity (Wildman–Crippen MR) is 56.2 cm³/mol. The number of hydrogen-bond acceptors (Lipinski definition) is 3. The fourth-order valence-corrected chi connectivity index (χ4v) is 2.44. The van der Waals surface area contributed by atoms with E-state index in [-0.39, 0.29) is 17.9 Å². The van der Waals surface area contributed by atoms with Crippen LogP contribution in [0.4, 0.5) is 0 Å². The van der Waals surface area contributed by atoms with Gasteiger partial charge in [0.1, 0.15) is 0 Å². The van der Waals surface area contributed by atoms with E-state index in [0.29, 0.717) is 12.8 Å². The molecule has 0 unspecified atom stereocenters. The van der Waals surface area contributed by atoms with E-state index >= 15 is 0 Å². The van der Waals surface area contributed by atoms with E-state index in [4.69, 9.17) is 0 Å². The summed E-state index contributed by atoms with van der Waals surface area (Å²) in [7, 11) is 0. The van der Waals surface area contributed by atoms with Gasteiger partial charge in [0.25, 0.3) is 0 Å². The van der Waals surface area contributed by atoms with Crippen molar-refractivity contribution in [2.75, 3.05) is 13.1 Å². The van der Waals surface area contributed by atoms with Crippen LogP contribution in [0.5, 0.6) is 0 Å². The molecule has 15 heavy (non-hydrogen) atoms. The zero-order valence-electron chi connectivity index (χ0n) is 9.00. The molecule has 0 radical (unpaired) electrons. The number of carbonyl (C=O) groups excluding carboxylic acids is 2. The Morgan fingerprint density at radius 1 is 1.07 bits per heavy atom. The summed E-state index contributed by atoms with van der Waals surface area (Å²) in [6.45, 7) is 2.01. The first-order valence-electron chi connectivity index (χ1n) is 5.85. The van der Waals surface area contributed by atoms with Gasteiger partial charge >= 0.3 is 0 Å². The van der Waals surface area contributed by atoms with Gasteiger partial charge in [-0.05, 0) is 32.4 Å². The van der Waals surface area contributed by atoms with E-state index in [1.165, 1.54) is 25.7 Å². The van der Waals surface area contributed by atoms with Gasteiger partial charge in [0.05, 0.1) is 6.04 Å². The first kappa shape index (κ1) is 10.6. The zero-order valence-corrected chi connectivity index (χ0v) is 9.00. The second-order valence-electron chi connectivity index (χ2n) is 4.42. The molecule has 0 aromatic heterocycles. The lowest BCUT2D eigenvalue weighted by Crippen LogP contribution is -2.52. The molecule has 2 rings (SSSR count). The minimum atomic E-state index is -0.119. The molecule has 1 atom stereocenters. The van der Waals surface area contributed by atoms with Gasteiger partial charge in [-0.3, -0.25) is 19.8 Å². The van der Waals surface area contributed by atoms with Gasteiger partial charge in [0.2, 0.25) is 11.8 Å². The van der Waals surface area contributed by atoms with Gasteiger partial charge in [-0.1, -0.05) is 12.8 Å². The summed E-state index contributed by atoms with van der Waals surface area (Å²) in [5, 5.41) is 2.43. The largest absolute Gasteiger partial charge is 0.295 e. The Kier molecular flexibility index (Phi) is 3.36. The molecule has 0 aromatic carbocycles. The van der Waals surface area contributed by atoms with Crippen molar-refractivity contribution in [3.63, 3.8) is 0 Å². The molecular weight excluding hydrogens is 192 g/mol. The van der Waals surface area contributed by atoms with Gasteiger partial charge in [-0.25, -0.2) is 0 Å². The van der Waals surface area contributed by atoms with Crippen LogP contribution in [-0.2, 0) is 9.59 Å². The number of nitrogens with zero attached hydrogens (tertiary/aromatic N) is 1. The average Bonchev–Trinajstić information content (AvgIpc) is 2.46. The first-order chi connectivity index (χ1) is 7.27. The third-order valence-electron chi connectivity index (χ3n) is 3.29. The number of hydrogen-bond donors (Lipinski definition) is 1. The number of amides is 2. The second kappa shape index (κ2) is 4.75. The quantitative estimate of drug-likeness (QED) is 0.647.